The highest BCUT2D eigenvalue weighted by molar-refractivity contribution is 6.09. The van der Waals surface area contributed by atoms with Crippen LogP contribution in [0.15, 0.2) is 97.2 Å². The molecule has 0 fully saturated rings. The van der Waals surface area contributed by atoms with Crippen LogP contribution in [0.25, 0.3) is 44.4 Å². The molecule has 0 aliphatic carbocycles. The minimum atomic E-state index is -0.0333. The summed E-state index contributed by atoms with van der Waals surface area (Å²) in [4.78, 5) is 4.87. The number of hydrogen-bond acceptors (Lipinski definition) is 3. The lowest BCUT2D eigenvalue weighted by molar-refractivity contribution is 0.481. The van der Waals surface area contributed by atoms with Crippen LogP contribution in [0.3, 0.4) is 0 Å². The Labute approximate surface area is 322 Å². The van der Waals surface area contributed by atoms with E-state index in [-0.39, 0.29) is 16.2 Å². The third-order valence-corrected chi connectivity index (χ3v) is 10.8. The highest BCUT2D eigenvalue weighted by atomic mass is 16.5. The molecule has 5 nitrogen and oxygen atoms in total. The topological polar surface area (TPSA) is 44.9 Å². The smallest absolute Gasteiger partial charge is 0.137 e. The summed E-state index contributed by atoms with van der Waals surface area (Å²) < 4.78 is 11.2. The van der Waals surface area contributed by atoms with Gasteiger partial charge in [-0.05, 0) is 106 Å². The van der Waals surface area contributed by atoms with Crippen LogP contribution in [0, 0.1) is 13.8 Å². The molecule has 0 aliphatic rings. The summed E-state index contributed by atoms with van der Waals surface area (Å²) in [6.07, 6.45) is 1.92. The number of fused-ring (bicyclic) bond motifs is 3. The van der Waals surface area contributed by atoms with Gasteiger partial charge >= 0.3 is 0 Å². The summed E-state index contributed by atoms with van der Waals surface area (Å²) in [5, 5.41) is 7.59. The monoisotopic (exact) mass is 716 g/mol. The van der Waals surface area contributed by atoms with Gasteiger partial charge in [-0.1, -0.05) is 113 Å². The van der Waals surface area contributed by atoms with Crippen molar-refractivity contribution in [2.75, 3.05) is 0 Å². The first-order valence-corrected chi connectivity index (χ1v) is 19.4. The molecule has 0 aliphatic heterocycles. The van der Waals surface area contributed by atoms with E-state index in [1.54, 1.807) is 0 Å². The van der Waals surface area contributed by atoms with Crippen molar-refractivity contribution in [1.82, 2.24) is 19.3 Å². The molecule has 4 aromatic carbocycles. The number of aryl methyl sites for hydroxylation is 1. The van der Waals surface area contributed by atoms with E-state index in [9.17, 15) is 0 Å². The molecule has 0 saturated heterocycles. The minimum absolute atomic E-state index is 0.000943. The van der Waals surface area contributed by atoms with E-state index >= 15 is 0 Å². The average Bonchev–Trinajstić information content (AvgIpc) is 3.59. The molecule has 3 heterocycles. The van der Waals surface area contributed by atoms with Gasteiger partial charge in [-0.3, -0.25) is 4.57 Å². The lowest BCUT2D eigenvalue weighted by atomic mass is 9.74. The van der Waals surface area contributed by atoms with Crippen molar-refractivity contribution in [2.45, 2.75) is 112 Å². The van der Waals surface area contributed by atoms with Crippen LogP contribution in [-0.2, 0) is 16.2 Å². The van der Waals surface area contributed by atoms with E-state index in [4.69, 9.17) is 14.8 Å². The van der Waals surface area contributed by atoms with E-state index < -0.39 is 0 Å². The lowest BCUT2D eigenvalue weighted by Gasteiger charge is -2.30. The zero-order chi connectivity index (χ0) is 38.9. The van der Waals surface area contributed by atoms with E-state index in [0.717, 1.165) is 50.8 Å². The van der Waals surface area contributed by atoms with Gasteiger partial charge in [0.05, 0.1) is 22.4 Å². The van der Waals surface area contributed by atoms with Crippen LogP contribution in [-0.4, -0.2) is 19.3 Å². The molecule has 0 spiro atoms. The van der Waals surface area contributed by atoms with Crippen LogP contribution in [0.2, 0.25) is 0 Å². The minimum Gasteiger partial charge on any atom is -0.457 e. The second kappa shape index (κ2) is 13.3. The maximum Gasteiger partial charge on any atom is 0.137 e. The summed E-state index contributed by atoms with van der Waals surface area (Å²) in [7, 11) is 0. The predicted octanol–water partition coefficient (Wildman–Crippen LogP) is 13.5. The number of para-hydroxylation sites is 1. The fourth-order valence-corrected chi connectivity index (χ4v) is 7.85. The maximum absolute atomic E-state index is 6.82. The number of benzene rings is 4. The third-order valence-electron chi connectivity index (χ3n) is 10.8. The van der Waals surface area contributed by atoms with Gasteiger partial charge in [-0.2, -0.15) is 5.10 Å². The standard InChI is InChI=1S/C49H56N4O/c1-30(2)33-25-35(53-32(4)45(31(3)51-53)46-40(48(8,9)10)18-16-19-41(46)49(11,12)13)28-37(26-33)54-36-21-22-39-38-17-14-15-20-42(38)52(43(39)29-36)44-27-34(23-24-50-44)47(5,6)7/h14-30H,1-13H3. The van der Waals surface area contributed by atoms with E-state index in [1.165, 1.54) is 38.8 Å². The Bertz CT molecular complexity index is 2490. The fraction of sp³-hybridized carbons (Fsp3) is 0.347. The second-order valence-electron chi connectivity index (χ2n) is 18.4. The molecule has 0 amide bonds. The van der Waals surface area contributed by atoms with Crippen molar-refractivity contribution in [1.29, 1.82) is 0 Å². The first kappa shape index (κ1) is 37.2. The van der Waals surface area contributed by atoms with Crippen LogP contribution in [0.1, 0.15) is 116 Å². The molecule has 0 N–H and O–H groups in total. The largest absolute Gasteiger partial charge is 0.457 e. The molecule has 7 rings (SSSR count). The van der Waals surface area contributed by atoms with Gasteiger partial charge < -0.3 is 4.74 Å². The first-order valence-electron chi connectivity index (χ1n) is 19.4. The predicted molar refractivity (Wildman–Crippen MR) is 227 cm³/mol. The molecule has 5 heteroatoms. The van der Waals surface area contributed by atoms with Gasteiger partial charge in [0.1, 0.15) is 17.3 Å². The molecule has 0 radical (unpaired) electrons. The Morgan fingerprint density at radius 3 is 1.93 bits per heavy atom. The number of nitrogens with zero attached hydrogens (tertiary/aromatic N) is 4. The number of hydrogen-bond donors (Lipinski definition) is 0. The van der Waals surface area contributed by atoms with Gasteiger partial charge in [0.2, 0.25) is 0 Å². The first-order chi connectivity index (χ1) is 25.3. The van der Waals surface area contributed by atoms with Crippen molar-refractivity contribution in [3.05, 3.63) is 131 Å². The molecular formula is C49H56N4O. The van der Waals surface area contributed by atoms with Crippen molar-refractivity contribution >= 4 is 21.8 Å². The average molecular weight is 717 g/mol. The van der Waals surface area contributed by atoms with Crippen molar-refractivity contribution < 1.29 is 4.74 Å². The maximum atomic E-state index is 6.82. The molecule has 0 saturated carbocycles. The number of aromatic nitrogens is 4. The zero-order valence-corrected chi connectivity index (χ0v) is 34.5. The van der Waals surface area contributed by atoms with Crippen LogP contribution < -0.4 is 4.74 Å². The summed E-state index contributed by atoms with van der Waals surface area (Å²) in [5.74, 6) is 2.75. The molecule has 278 valence electrons. The van der Waals surface area contributed by atoms with E-state index in [1.807, 2.05) is 6.20 Å². The van der Waals surface area contributed by atoms with Crippen LogP contribution >= 0.6 is 0 Å². The van der Waals surface area contributed by atoms with Crippen molar-refractivity contribution in [3.63, 3.8) is 0 Å². The van der Waals surface area contributed by atoms with Gasteiger partial charge in [0, 0.05) is 40.4 Å². The van der Waals surface area contributed by atoms with E-state index in [0.29, 0.717) is 5.92 Å². The number of rotatable bonds is 6. The van der Waals surface area contributed by atoms with Crippen LogP contribution in [0.5, 0.6) is 11.5 Å². The Hall–Kier alpha value is -5.16. The van der Waals surface area contributed by atoms with Gasteiger partial charge in [0.25, 0.3) is 0 Å². The molecule has 54 heavy (non-hydrogen) atoms. The molecule has 0 atom stereocenters. The highest BCUT2D eigenvalue weighted by Crippen LogP contribution is 2.44. The molecule has 0 unspecified atom stereocenters. The Balaban J connectivity index is 1.36. The SMILES string of the molecule is Cc1nn(-c2cc(Oc3ccc4c5ccccc5n(-c5cc(C(C)(C)C)ccn5)c4c3)cc(C(C)C)c2)c(C)c1-c1c(C(C)(C)C)cccc1C(C)(C)C. The molecular weight excluding hydrogens is 661 g/mol. The second-order valence-corrected chi connectivity index (χ2v) is 18.4. The highest BCUT2D eigenvalue weighted by Gasteiger charge is 2.30. The van der Waals surface area contributed by atoms with Gasteiger partial charge in [-0.25, -0.2) is 9.67 Å². The summed E-state index contributed by atoms with van der Waals surface area (Å²) >= 11 is 0. The van der Waals surface area contributed by atoms with Gasteiger partial charge in [0.15, 0.2) is 0 Å². The number of ether oxygens (including phenoxy) is 1. The Morgan fingerprint density at radius 1 is 0.611 bits per heavy atom. The third kappa shape index (κ3) is 6.74. The lowest BCUT2D eigenvalue weighted by Crippen LogP contribution is -2.19. The zero-order valence-electron chi connectivity index (χ0n) is 34.5. The Kier molecular flexibility index (Phi) is 9.15. The normalized spacial score (nSPS) is 12.7. The summed E-state index contributed by atoms with van der Waals surface area (Å²) in [6, 6.07) is 32.7. The molecule has 0 bridgehead atoms. The van der Waals surface area contributed by atoms with Crippen molar-refractivity contribution in [3.8, 4) is 34.1 Å². The number of pyridine rings is 1. The van der Waals surface area contributed by atoms with Gasteiger partial charge in [-0.15, -0.1) is 0 Å². The quantitative estimate of drug-likeness (QED) is 0.172. The molecule has 3 aromatic heterocycles. The van der Waals surface area contributed by atoms with Crippen molar-refractivity contribution in [2.24, 2.45) is 0 Å². The van der Waals surface area contributed by atoms with E-state index in [2.05, 4.69) is 190 Å². The summed E-state index contributed by atoms with van der Waals surface area (Å²) in [5.41, 5.74) is 12.9. The Morgan fingerprint density at radius 2 is 1.28 bits per heavy atom. The van der Waals surface area contributed by atoms with Crippen LogP contribution in [0.4, 0.5) is 0 Å². The fourth-order valence-electron chi connectivity index (χ4n) is 7.85. The summed E-state index contributed by atoms with van der Waals surface area (Å²) in [6.45, 7) is 29.4. The molecule has 7 aromatic rings.